The molecule has 2 aromatic rings. The monoisotopic (exact) mass is 298 g/mol. The van der Waals surface area contributed by atoms with E-state index in [9.17, 15) is 9.59 Å². The third-order valence-electron chi connectivity index (χ3n) is 3.81. The number of hydrogen-bond acceptors (Lipinski definition) is 3. The second kappa shape index (κ2) is 6.01. The van der Waals surface area contributed by atoms with Crippen LogP contribution < -0.4 is 10.2 Å². The molecule has 6 nitrogen and oxygen atoms in total. The third kappa shape index (κ3) is 3.00. The van der Waals surface area contributed by atoms with Gasteiger partial charge in [0, 0.05) is 32.8 Å². The first-order valence-corrected chi connectivity index (χ1v) is 7.24. The standard InChI is InChI=1S/C16H18N4O2/c1-19-11-14(9-18-19)20-10-13(7-15(20)21)16(22)17-8-12-5-3-2-4-6-12/h2-6,9,11,13H,7-8,10H2,1H3,(H,17,22)/t13-/m1/s1. The van der Waals surface area contributed by atoms with Gasteiger partial charge in [-0.1, -0.05) is 30.3 Å². The molecule has 2 heterocycles. The lowest BCUT2D eigenvalue weighted by Crippen LogP contribution is -2.32. The van der Waals surface area contributed by atoms with Gasteiger partial charge in [-0.15, -0.1) is 0 Å². The van der Waals surface area contributed by atoms with Gasteiger partial charge in [0.25, 0.3) is 0 Å². The maximum Gasteiger partial charge on any atom is 0.227 e. The molecule has 22 heavy (non-hydrogen) atoms. The van der Waals surface area contributed by atoms with Gasteiger partial charge in [-0.2, -0.15) is 5.10 Å². The van der Waals surface area contributed by atoms with Crippen LogP contribution in [0.1, 0.15) is 12.0 Å². The Labute approximate surface area is 128 Å². The van der Waals surface area contributed by atoms with Crippen LogP contribution >= 0.6 is 0 Å². The van der Waals surface area contributed by atoms with Gasteiger partial charge in [0.05, 0.1) is 17.8 Å². The highest BCUT2D eigenvalue weighted by Gasteiger charge is 2.35. The second-order valence-electron chi connectivity index (χ2n) is 5.48. The third-order valence-corrected chi connectivity index (χ3v) is 3.81. The van der Waals surface area contributed by atoms with Crippen molar-refractivity contribution in [2.24, 2.45) is 13.0 Å². The molecule has 1 aliphatic rings. The van der Waals surface area contributed by atoms with Gasteiger partial charge in [0.2, 0.25) is 11.8 Å². The molecule has 1 aromatic carbocycles. The molecule has 114 valence electrons. The summed E-state index contributed by atoms with van der Waals surface area (Å²) >= 11 is 0. The van der Waals surface area contributed by atoms with E-state index in [0.29, 0.717) is 13.1 Å². The SMILES string of the molecule is Cn1cc(N2C[C@H](C(=O)NCc3ccccc3)CC2=O)cn1. The molecule has 0 unspecified atom stereocenters. The van der Waals surface area contributed by atoms with E-state index in [0.717, 1.165) is 11.3 Å². The molecule has 1 saturated heterocycles. The van der Waals surface area contributed by atoms with Crippen LogP contribution in [-0.4, -0.2) is 28.1 Å². The highest BCUT2D eigenvalue weighted by molar-refractivity contribution is 6.00. The van der Waals surface area contributed by atoms with Crippen molar-refractivity contribution in [3.8, 4) is 0 Å². The number of carbonyl (C=O) groups excluding carboxylic acids is 2. The van der Waals surface area contributed by atoms with Crippen molar-refractivity contribution in [1.82, 2.24) is 15.1 Å². The number of nitrogens with zero attached hydrogens (tertiary/aromatic N) is 3. The first kappa shape index (κ1) is 14.3. The number of rotatable bonds is 4. The Hall–Kier alpha value is -2.63. The van der Waals surface area contributed by atoms with Gasteiger partial charge in [-0.3, -0.25) is 14.3 Å². The van der Waals surface area contributed by atoms with Crippen molar-refractivity contribution in [2.45, 2.75) is 13.0 Å². The Bertz CT molecular complexity index is 680. The van der Waals surface area contributed by atoms with Crippen LogP contribution in [-0.2, 0) is 23.2 Å². The zero-order valence-corrected chi connectivity index (χ0v) is 12.4. The van der Waals surface area contributed by atoms with Gasteiger partial charge >= 0.3 is 0 Å². The first-order chi connectivity index (χ1) is 10.6. The second-order valence-corrected chi connectivity index (χ2v) is 5.48. The van der Waals surface area contributed by atoms with Gasteiger partial charge in [0.1, 0.15) is 0 Å². The lowest BCUT2D eigenvalue weighted by molar-refractivity contribution is -0.126. The van der Waals surface area contributed by atoms with Crippen molar-refractivity contribution in [2.75, 3.05) is 11.4 Å². The quantitative estimate of drug-likeness (QED) is 0.919. The van der Waals surface area contributed by atoms with Crippen LogP contribution in [0.5, 0.6) is 0 Å². The van der Waals surface area contributed by atoms with Crippen LogP contribution in [0.2, 0.25) is 0 Å². The van der Waals surface area contributed by atoms with E-state index in [1.165, 1.54) is 0 Å². The summed E-state index contributed by atoms with van der Waals surface area (Å²) in [6.07, 6.45) is 3.67. The van der Waals surface area contributed by atoms with Gasteiger partial charge in [-0.25, -0.2) is 0 Å². The Kier molecular flexibility index (Phi) is 3.91. The van der Waals surface area contributed by atoms with Crippen molar-refractivity contribution >= 4 is 17.5 Å². The number of aryl methyl sites for hydroxylation is 1. The average molecular weight is 298 g/mol. The molecular weight excluding hydrogens is 280 g/mol. The van der Waals surface area contributed by atoms with E-state index in [1.807, 2.05) is 30.3 Å². The van der Waals surface area contributed by atoms with E-state index in [-0.39, 0.29) is 24.2 Å². The van der Waals surface area contributed by atoms with Gasteiger partial charge < -0.3 is 10.2 Å². The van der Waals surface area contributed by atoms with E-state index in [4.69, 9.17) is 0 Å². The Balaban J connectivity index is 1.59. The largest absolute Gasteiger partial charge is 0.352 e. The van der Waals surface area contributed by atoms with Crippen LogP contribution in [0, 0.1) is 5.92 Å². The predicted octanol–water partition coefficient (Wildman–Crippen LogP) is 1.09. The summed E-state index contributed by atoms with van der Waals surface area (Å²) in [6, 6.07) is 9.73. The van der Waals surface area contributed by atoms with E-state index >= 15 is 0 Å². The van der Waals surface area contributed by atoms with E-state index in [2.05, 4.69) is 10.4 Å². The molecule has 2 amide bonds. The molecule has 6 heteroatoms. The molecule has 1 aromatic heterocycles. The number of hydrogen-bond donors (Lipinski definition) is 1. The van der Waals surface area contributed by atoms with Crippen LogP contribution in [0.3, 0.4) is 0 Å². The van der Waals surface area contributed by atoms with E-state index < -0.39 is 0 Å². The summed E-state index contributed by atoms with van der Waals surface area (Å²) < 4.78 is 1.64. The molecule has 3 rings (SSSR count). The summed E-state index contributed by atoms with van der Waals surface area (Å²) in [5.41, 5.74) is 1.79. The summed E-state index contributed by atoms with van der Waals surface area (Å²) in [5.74, 6) is -0.423. The lowest BCUT2D eigenvalue weighted by atomic mass is 10.1. The molecule has 1 N–H and O–H groups in total. The lowest BCUT2D eigenvalue weighted by Gasteiger charge is -2.14. The molecule has 0 radical (unpaired) electrons. The normalized spacial score (nSPS) is 17.8. The van der Waals surface area contributed by atoms with Crippen molar-refractivity contribution in [3.05, 3.63) is 48.3 Å². The Morgan fingerprint density at radius 1 is 1.36 bits per heavy atom. The minimum atomic E-state index is -0.309. The molecule has 1 aliphatic heterocycles. The smallest absolute Gasteiger partial charge is 0.227 e. The topological polar surface area (TPSA) is 67.2 Å². The molecule has 0 aliphatic carbocycles. The number of nitrogens with one attached hydrogen (secondary N) is 1. The van der Waals surface area contributed by atoms with Crippen LogP contribution in [0.4, 0.5) is 5.69 Å². The molecule has 0 bridgehead atoms. The first-order valence-electron chi connectivity index (χ1n) is 7.24. The van der Waals surface area contributed by atoms with Crippen LogP contribution in [0.25, 0.3) is 0 Å². The van der Waals surface area contributed by atoms with Crippen molar-refractivity contribution in [3.63, 3.8) is 0 Å². The number of amides is 2. The van der Waals surface area contributed by atoms with Crippen LogP contribution in [0.15, 0.2) is 42.7 Å². The summed E-state index contributed by atoms with van der Waals surface area (Å²) in [4.78, 5) is 25.9. The summed E-state index contributed by atoms with van der Waals surface area (Å²) in [5, 5.41) is 6.96. The van der Waals surface area contributed by atoms with Gasteiger partial charge in [-0.05, 0) is 5.56 Å². The number of carbonyl (C=O) groups is 2. The number of anilines is 1. The predicted molar refractivity (Wildman–Crippen MR) is 82.0 cm³/mol. The fourth-order valence-electron chi connectivity index (χ4n) is 2.61. The minimum Gasteiger partial charge on any atom is -0.352 e. The molecule has 0 spiro atoms. The summed E-state index contributed by atoms with van der Waals surface area (Å²) in [6.45, 7) is 0.891. The maximum absolute atomic E-state index is 12.2. The summed E-state index contributed by atoms with van der Waals surface area (Å²) in [7, 11) is 1.80. The Morgan fingerprint density at radius 3 is 2.82 bits per heavy atom. The maximum atomic E-state index is 12.2. The number of aromatic nitrogens is 2. The molecular formula is C16H18N4O2. The fourth-order valence-corrected chi connectivity index (χ4v) is 2.61. The fraction of sp³-hybridized carbons (Fsp3) is 0.312. The average Bonchev–Trinajstić information content (AvgIpc) is 3.11. The Morgan fingerprint density at radius 2 is 2.14 bits per heavy atom. The van der Waals surface area contributed by atoms with Crippen molar-refractivity contribution in [1.29, 1.82) is 0 Å². The number of benzene rings is 1. The highest BCUT2D eigenvalue weighted by Crippen LogP contribution is 2.24. The zero-order chi connectivity index (χ0) is 15.5. The molecule has 0 saturated carbocycles. The van der Waals surface area contributed by atoms with E-state index in [1.54, 1.807) is 29.0 Å². The highest BCUT2D eigenvalue weighted by atomic mass is 16.2. The van der Waals surface area contributed by atoms with Gasteiger partial charge in [0.15, 0.2) is 0 Å². The molecule has 1 fully saturated rings. The zero-order valence-electron chi connectivity index (χ0n) is 12.4. The minimum absolute atomic E-state index is 0.0344. The van der Waals surface area contributed by atoms with Crippen molar-refractivity contribution < 1.29 is 9.59 Å². The molecule has 1 atom stereocenters.